The molecule has 2 atom stereocenters. The van der Waals surface area contributed by atoms with Gasteiger partial charge >= 0.3 is 6.18 Å². The Morgan fingerprint density at radius 3 is 2.54 bits per heavy atom. The van der Waals surface area contributed by atoms with Gasteiger partial charge in [-0.05, 0) is 31.4 Å². The van der Waals surface area contributed by atoms with Crippen molar-refractivity contribution in [3.05, 3.63) is 29.8 Å². The molecule has 26 heavy (non-hydrogen) atoms. The first kappa shape index (κ1) is 18.8. The fraction of sp³-hybridized carbons (Fsp3) is 0.500. The lowest BCUT2D eigenvalue weighted by molar-refractivity contribution is -0.139. The van der Waals surface area contributed by atoms with E-state index >= 15 is 0 Å². The molecule has 1 aromatic rings. The molecule has 0 unspecified atom stereocenters. The van der Waals surface area contributed by atoms with E-state index in [2.05, 4.69) is 10.6 Å². The molecule has 2 fully saturated rings. The van der Waals surface area contributed by atoms with Crippen molar-refractivity contribution in [3.8, 4) is 0 Å². The second kappa shape index (κ2) is 6.34. The van der Waals surface area contributed by atoms with Crippen LogP contribution in [0.25, 0.3) is 0 Å². The average Bonchev–Trinajstić information content (AvgIpc) is 3.17. The molecule has 3 N–H and O–H groups in total. The molecule has 2 aliphatic rings. The van der Waals surface area contributed by atoms with Crippen LogP contribution >= 0.6 is 0 Å². The van der Waals surface area contributed by atoms with E-state index in [0.29, 0.717) is 12.8 Å². The van der Waals surface area contributed by atoms with Gasteiger partial charge in [-0.25, -0.2) is 8.42 Å². The molecule has 1 aromatic carbocycles. The van der Waals surface area contributed by atoms with Crippen LogP contribution < -0.4 is 10.6 Å². The molecule has 1 amide bonds. The number of hydrogen-bond donors (Lipinski definition) is 3. The van der Waals surface area contributed by atoms with Crippen molar-refractivity contribution in [2.45, 2.75) is 47.2 Å². The molecular formula is C16H18F3N3O3S. The van der Waals surface area contributed by atoms with Crippen molar-refractivity contribution in [1.82, 2.24) is 10.6 Å². The van der Waals surface area contributed by atoms with Crippen LogP contribution in [0.4, 0.5) is 13.2 Å². The fourth-order valence-corrected chi connectivity index (χ4v) is 4.92. The molecule has 3 rings (SSSR count). The highest BCUT2D eigenvalue weighted by molar-refractivity contribution is 7.92. The SMILES string of the molecule is N=CC1(NC(=O)[C@@H]2C[C@@H](S(=O)(=O)c3ccccc3C(F)(F)F)CN2)CC1. The normalized spacial score (nSPS) is 24.9. The molecule has 1 heterocycles. The summed E-state index contributed by atoms with van der Waals surface area (Å²) >= 11 is 0. The summed E-state index contributed by atoms with van der Waals surface area (Å²) in [4.78, 5) is 11.5. The standard InChI is InChI=1S/C16H18F3N3O3S/c17-16(18,19)11-3-1-2-4-13(11)26(24,25)10-7-12(21-8-10)14(23)22-15(9-20)5-6-15/h1-4,9-10,12,20-21H,5-8H2,(H,22,23)/t10-,12+/m1/s1. The van der Waals surface area contributed by atoms with Crippen molar-refractivity contribution < 1.29 is 26.4 Å². The van der Waals surface area contributed by atoms with Gasteiger partial charge in [-0.3, -0.25) is 4.79 Å². The number of benzene rings is 1. The zero-order chi connectivity index (χ0) is 19.2. The number of sulfone groups is 1. The number of rotatable bonds is 5. The molecule has 0 bridgehead atoms. The third kappa shape index (κ3) is 3.48. The first-order valence-electron chi connectivity index (χ1n) is 8.06. The number of carbonyl (C=O) groups excluding carboxylic acids is 1. The number of halogens is 3. The summed E-state index contributed by atoms with van der Waals surface area (Å²) in [5.74, 6) is -0.437. The van der Waals surface area contributed by atoms with Gasteiger partial charge in [-0.1, -0.05) is 12.1 Å². The molecule has 1 saturated carbocycles. The Balaban J connectivity index is 1.78. The van der Waals surface area contributed by atoms with Crippen LogP contribution in [0.1, 0.15) is 24.8 Å². The molecule has 1 aliphatic heterocycles. The minimum atomic E-state index is -4.78. The number of carbonyl (C=O) groups is 1. The van der Waals surface area contributed by atoms with E-state index in [-0.39, 0.29) is 13.0 Å². The van der Waals surface area contributed by atoms with Gasteiger partial charge in [-0.15, -0.1) is 0 Å². The van der Waals surface area contributed by atoms with Gasteiger partial charge in [0, 0.05) is 12.8 Å². The highest BCUT2D eigenvalue weighted by Crippen LogP contribution is 2.37. The van der Waals surface area contributed by atoms with E-state index in [1.165, 1.54) is 6.07 Å². The third-order valence-corrected chi connectivity index (χ3v) is 6.99. The Morgan fingerprint density at radius 1 is 1.31 bits per heavy atom. The molecule has 142 valence electrons. The van der Waals surface area contributed by atoms with Gasteiger partial charge in [0.15, 0.2) is 9.84 Å². The van der Waals surface area contributed by atoms with Crippen LogP contribution in [0.3, 0.4) is 0 Å². The minimum absolute atomic E-state index is 0.107. The maximum absolute atomic E-state index is 13.1. The number of amides is 1. The van der Waals surface area contributed by atoms with Crippen molar-refractivity contribution in [3.63, 3.8) is 0 Å². The monoisotopic (exact) mass is 389 g/mol. The summed E-state index contributed by atoms with van der Waals surface area (Å²) in [6, 6.07) is 3.25. The topological polar surface area (TPSA) is 99.1 Å². The zero-order valence-electron chi connectivity index (χ0n) is 13.6. The summed E-state index contributed by atoms with van der Waals surface area (Å²) in [6.45, 7) is -0.107. The molecular weight excluding hydrogens is 371 g/mol. The van der Waals surface area contributed by atoms with Crippen LogP contribution in [0, 0.1) is 5.41 Å². The Labute approximate surface area is 148 Å². The quantitative estimate of drug-likeness (QED) is 0.665. The lowest BCUT2D eigenvalue weighted by Gasteiger charge is -2.17. The van der Waals surface area contributed by atoms with E-state index in [9.17, 15) is 26.4 Å². The van der Waals surface area contributed by atoms with Crippen molar-refractivity contribution in [1.29, 1.82) is 5.41 Å². The zero-order valence-corrected chi connectivity index (χ0v) is 14.5. The summed E-state index contributed by atoms with van der Waals surface area (Å²) < 4.78 is 64.8. The van der Waals surface area contributed by atoms with Gasteiger partial charge in [0.25, 0.3) is 0 Å². The Kier molecular flexibility index (Phi) is 4.60. The first-order valence-corrected chi connectivity index (χ1v) is 9.61. The summed E-state index contributed by atoms with van der Waals surface area (Å²) in [7, 11) is -4.26. The molecule has 6 nitrogen and oxygen atoms in total. The van der Waals surface area contributed by atoms with E-state index in [1.54, 1.807) is 0 Å². The molecule has 0 spiro atoms. The van der Waals surface area contributed by atoms with E-state index in [0.717, 1.165) is 24.4 Å². The second-order valence-corrected chi connectivity index (χ2v) is 8.84. The molecule has 0 aromatic heterocycles. The predicted octanol–water partition coefficient (Wildman–Crippen LogP) is 1.51. The van der Waals surface area contributed by atoms with Crippen LogP contribution in [0.15, 0.2) is 29.2 Å². The predicted molar refractivity (Wildman–Crippen MR) is 87.7 cm³/mol. The van der Waals surface area contributed by atoms with Crippen LogP contribution in [0.2, 0.25) is 0 Å². The van der Waals surface area contributed by atoms with Crippen molar-refractivity contribution in [2.24, 2.45) is 0 Å². The Bertz CT molecular complexity index is 835. The fourth-order valence-electron chi connectivity index (χ4n) is 3.04. The Morgan fingerprint density at radius 2 is 1.96 bits per heavy atom. The van der Waals surface area contributed by atoms with Crippen molar-refractivity contribution >= 4 is 22.0 Å². The minimum Gasteiger partial charge on any atom is -0.344 e. The lowest BCUT2D eigenvalue weighted by atomic mass is 10.2. The number of hydrogen-bond acceptors (Lipinski definition) is 5. The van der Waals surface area contributed by atoms with Gasteiger partial charge in [0.05, 0.1) is 27.3 Å². The highest BCUT2D eigenvalue weighted by atomic mass is 32.2. The molecule has 0 radical (unpaired) electrons. The molecule has 10 heteroatoms. The van der Waals surface area contributed by atoms with Gasteiger partial charge < -0.3 is 16.0 Å². The molecule has 1 aliphatic carbocycles. The summed E-state index contributed by atoms with van der Waals surface area (Å²) in [6.07, 6.45) is -2.46. The van der Waals surface area contributed by atoms with Gasteiger partial charge in [-0.2, -0.15) is 13.2 Å². The average molecular weight is 389 g/mol. The lowest BCUT2D eigenvalue weighted by Crippen LogP contribution is -2.47. The van der Waals surface area contributed by atoms with E-state index < -0.39 is 49.2 Å². The van der Waals surface area contributed by atoms with Crippen molar-refractivity contribution in [2.75, 3.05) is 6.54 Å². The van der Waals surface area contributed by atoms with Crippen LogP contribution in [-0.4, -0.2) is 43.9 Å². The molecule has 1 saturated heterocycles. The van der Waals surface area contributed by atoms with Crippen LogP contribution in [-0.2, 0) is 20.8 Å². The maximum atomic E-state index is 13.1. The smallest absolute Gasteiger partial charge is 0.344 e. The van der Waals surface area contributed by atoms with E-state index in [4.69, 9.17) is 5.41 Å². The maximum Gasteiger partial charge on any atom is 0.417 e. The third-order valence-electron chi connectivity index (χ3n) is 4.78. The largest absolute Gasteiger partial charge is 0.417 e. The first-order chi connectivity index (χ1) is 12.1. The van der Waals surface area contributed by atoms with E-state index in [1.807, 2.05) is 0 Å². The van der Waals surface area contributed by atoms with Crippen LogP contribution in [0.5, 0.6) is 0 Å². The summed E-state index contributed by atoms with van der Waals surface area (Å²) in [5, 5.41) is 11.6. The number of alkyl halides is 3. The highest BCUT2D eigenvalue weighted by Gasteiger charge is 2.46. The van der Waals surface area contributed by atoms with Gasteiger partial charge in [0.1, 0.15) is 0 Å². The van der Waals surface area contributed by atoms with Gasteiger partial charge in [0.2, 0.25) is 5.91 Å². The summed E-state index contributed by atoms with van der Waals surface area (Å²) in [5.41, 5.74) is -1.85. The number of nitrogens with one attached hydrogen (secondary N) is 3. The second-order valence-electron chi connectivity index (χ2n) is 6.65. The Hall–Kier alpha value is -1.94.